The van der Waals surface area contributed by atoms with Gasteiger partial charge < -0.3 is 0 Å². The molecule has 0 aliphatic carbocycles. The molecule has 0 fully saturated rings. The predicted molar refractivity (Wildman–Crippen MR) is 56.0 cm³/mol. The number of nitriles is 1. The van der Waals surface area contributed by atoms with E-state index in [1.165, 1.54) is 0 Å². The molecule has 4 heteroatoms. The van der Waals surface area contributed by atoms with Crippen LogP contribution in [0.1, 0.15) is 24.6 Å². The molecular weight excluding hydrogens is 196 g/mol. The molecule has 0 bridgehead atoms. The minimum atomic E-state index is -0.818. The van der Waals surface area contributed by atoms with Gasteiger partial charge in [-0.25, -0.2) is 4.98 Å². The van der Waals surface area contributed by atoms with Crippen LogP contribution in [0.5, 0.6) is 0 Å². The molecule has 1 unspecified atom stereocenters. The highest BCUT2D eigenvalue weighted by molar-refractivity contribution is 7.84. The minimum Gasteiger partial charge on any atom is -0.259 e. The molecule has 1 aromatic rings. The SMILES string of the molecule is CCCS(=O)Cc1ccnc(C#N)c1. The van der Waals surface area contributed by atoms with Crippen molar-refractivity contribution in [3.63, 3.8) is 0 Å². The quantitative estimate of drug-likeness (QED) is 0.755. The molecule has 0 aliphatic heterocycles. The van der Waals surface area contributed by atoms with Gasteiger partial charge in [0, 0.05) is 28.5 Å². The van der Waals surface area contributed by atoms with Crippen LogP contribution < -0.4 is 0 Å². The second-order valence-electron chi connectivity index (χ2n) is 2.95. The van der Waals surface area contributed by atoms with Crippen molar-refractivity contribution in [2.24, 2.45) is 0 Å². The lowest BCUT2D eigenvalue weighted by molar-refractivity contribution is 0.681. The normalized spacial score (nSPS) is 12.0. The maximum absolute atomic E-state index is 11.4. The zero-order valence-corrected chi connectivity index (χ0v) is 8.88. The summed E-state index contributed by atoms with van der Waals surface area (Å²) in [7, 11) is -0.818. The molecule has 0 saturated carbocycles. The summed E-state index contributed by atoms with van der Waals surface area (Å²) in [4.78, 5) is 3.85. The Balaban J connectivity index is 2.68. The molecular formula is C10H12N2OS. The molecule has 0 radical (unpaired) electrons. The third-order valence-electron chi connectivity index (χ3n) is 1.70. The molecule has 1 heterocycles. The molecule has 14 heavy (non-hydrogen) atoms. The van der Waals surface area contributed by atoms with Gasteiger partial charge in [0.25, 0.3) is 0 Å². The number of pyridine rings is 1. The van der Waals surface area contributed by atoms with Gasteiger partial charge in [-0.05, 0) is 24.1 Å². The van der Waals surface area contributed by atoms with Gasteiger partial charge in [0.2, 0.25) is 0 Å². The smallest absolute Gasteiger partial charge is 0.140 e. The van der Waals surface area contributed by atoms with Gasteiger partial charge in [-0.1, -0.05) is 6.92 Å². The highest BCUT2D eigenvalue weighted by Crippen LogP contribution is 2.05. The van der Waals surface area contributed by atoms with Crippen molar-refractivity contribution in [2.75, 3.05) is 5.75 Å². The van der Waals surface area contributed by atoms with Gasteiger partial charge in [0.1, 0.15) is 11.8 Å². The summed E-state index contributed by atoms with van der Waals surface area (Å²) < 4.78 is 11.4. The maximum Gasteiger partial charge on any atom is 0.140 e. The van der Waals surface area contributed by atoms with E-state index >= 15 is 0 Å². The Kier molecular flexibility index (Phi) is 4.27. The fraction of sp³-hybridized carbons (Fsp3) is 0.400. The van der Waals surface area contributed by atoms with Crippen LogP contribution >= 0.6 is 0 Å². The number of nitrogens with zero attached hydrogens (tertiary/aromatic N) is 2. The number of rotatable bonds is 4. The highest BCUT2D eigenvalue weighted by atomic mass is 32.2. The molecule has 0 spiro atoms. The lowest BCUT2D eigenvalue weighted by atomic mass is 10.2. The Morgan fingerprint density at radius 3 is 3.07 bits per heavy atom. The Bertz CT molecular complexity index is 371. The van der Waals surface area contributed by atoms with Crippen LogP contribution in [0.3, 0.4) is 0 Å². The van der Waals surface area contributed by atoms with E-state index in [0.717, 1.165) is 12.0 Å². The standard InChI is InChI=1S/C10H12N2OS/c1-2-5-14(13)8-9-3-4-12-10(6-9)7-11/h3-4,6H,2,5,8H2,1H3. The van der Waals surface area contributed by atoms with E-state index in [2.05, 4.69) is 4.98 Å². The molecule has 3 nitrogen and oxygen atoms in total. The Labute approximate surface area is 86.2 Å². The first-order valence-corrected chi connectivity index (χ1v) is 5.95. The molecule has 0 saturated heterocycles. The van der Waals surface area contributed by atoms with Crippen molar-refractivity contribution < 1.29 is 4.21 Å². The topological polar surface area (TPSA) is 53.8 Å². The number of hydrogen-bond donors (Lipinski definition) is 0. The molecule has 1 atom stereocenters. The zero-order chi connectivity index (χ0) is 10.4. The van der Waals surface area contributed by atoms with Gasteiger partial charge in [-0.3, -0.25) is 4.21 Å². The first-order valence-electron chi connectivity index (χ1n) is 4.46. The molecule has 0 aliphatic rings. The van der Waals surface area contributed by atoms with Gasteiger partial charge in [-0.15, -0.1) is 0 Å². The molecule has 1 aromatic heterocycles. The fourth-order valence-electron chi connectivity index (χ4n) is 1.11. The summed E-state index contributed by atoms with van der Waals surface area (Å²) in [6.07, 6.45) is 2.50. The van der Waals surface area contributed by atoms with Crippen LogP contribution in [0.4, 0.5) is 0 Å². The zero-order valence-electron chi connectivity index (χ0n) is 8.06. The van der Waals surface area contributed by atoms with Crippen molar-refractivity contribution in [3.05, 3.63) is 29.6 Å². The van der Waals surface area contributed by atoms with Crippen molar-refractivity contribution in [1.82, 2.24) is 4.98 Å². The average Bonchev–Trinajstić information content (AvgIpc) is 2.18. The lowest BCUT2D eigenvalue weighted by Gasteiger charge is -2.00. The van der Waals surface area contributed by atoms with Gasteiger partial charge in [0.15, 0.2) is 0 Å². The van der Waals surface area contributed by atoms with Crippen LogP contribution in [-0.2, 0) is 16.6 Å². The van der Waals surface area contributed by atoms with E-state index in [0.29, 0.717) is 17.2 Å². The second kappa shape index (κ2) is 5.51. The average molecular weight is 208 g/mol. The van der Waals surface area contributed by atoms with Crippen LogP contribution in [0.15, 0.2) is 18.3 Å². The Morgan fingerprint density at radius 1 is 1.64 bits per heavy atom. The third kappa shape index (κ3) is 3.27. The third-order valence-corrected chi connectivity index (χ3v) is 3.22. The van der Waals surface area contributed by atoms with E-state index in [4.69, 9.17) is 5.26 Å². The van der Waals surface area contributed by atoms with E-state index < -0.39 is 10.8 Å². The lowest BCUT2D eigenvalue weighted by Crippen LogP contribution is -2.00. The van der Waals surface area contributed by atoms with Gasteiger partial charge in [0.05, 0.1) is 0 Å². The van der Waals surface area contributed by atoms with Gasteiger partial charge >= 0.3 is 0 Å². The molecule has 74 valence electrons. The van der Waals surface area contributed by atoms with E-state index in [1.54, 1.807) is 18.3 Å². The predicted octanol–water partition coefficient (Wildman–Crippen LogP) is 1.61. The molecule has 0 aromatic carbocycles. The Hall–Kier alpha value is -1.21. The second-order valence-corrected chi connectivity index (χ2v) is 4.53. The first kappa shape index (κ1) is 10.9. The van der Waals surface area contributed by atoms with Crippen LogP contribution in [0.2, 0.25) is 0 Å². The van der Waals surface area contributed by atoms with Crippen molar-refractivity contribution >= 4 is 10.8 Å². The molecule has 0 amide bonds. The summed E-state index contributed by atoms with van der Waals surface area (Å²) in [6.45, 7) is 2.01. The van der Waals surface area contributed by atoms with Crippen LogP contribution in [-0.4, -0.2) is 14.9 Å². The van der Waals surface area contributed by atoms with E-state index in [9.17, 15) is 4.21 Å². The maximum atomic E-state index is 11.4. The van der Waals surface area contributed by atoms with Crippen LogP contribution in [0, 0.1) is 11.3 Å². The van der Waals surface area contributed by atoms with Crippen molar-refractivity contribution in [1.29, 1.82) is 5.26 Å². The first-order chi connectivity index (χ1) is 6.76. The molecule has 0 N–H and O–H groups in total. The largest absolute Gasteiger partial charge is 0.259 e. The fourth-order valence-corrected chi connectivity index (χ4v) is 2.26. The highest BCUT2D eigenvalue weighted by Gasteiger charge is 2.01. The summed E-state index contributed by atoms with van der Waals surface area (Å²) in [5.41, 5.74) is 1.30. The number of hydrogen-bond acceptors (Lipinski definition) is 3. The summed E-state index contributed by atoms with van der Waals surface area (Å²) in [5, 5.41) is 8.61. The van der Waals surface area contributed by atoms with Gasteiger partial charge in [-0.2, -0.15) is 5.26 Å². The van der Waals surface area contributed by atoms with E-state index in [1.807, 2.05) is 13.0 Å². The summed E-state index contributed by atoms with van der Waals surface area (Å²) >= 11 is 0. The van der Waals surface area contributed by atoms with E-state index in [-0.39, 0.29) is 0 Å². The Morgan fingerprint density at radius 2 is 2.43 bits per heavy atom. The van der Waals surface area contributed by atoms with Crippen LogP contribution in [0.25, 0.3) is 0 Å². The monoisotopic (exact) mass is 208 g/mol. The molecule has 1 rings (SSSR count). The van der Waals surface area contributed by atoms with Crippen molar-refractivity contribution in [2.45, 2.75) is 19.1 Å². The summed E-state index contributed by atoms with van der Waals surface area (Å²) in [5.74, 6) is 1.23. The number of aromatic nitrogens is 1. The van der Waals surface area contributed by atoms with Crippen molar-refractivity contribution in [3.8, 4) is 6.07 Å². The minimum absolute atomic E-state index is 0.385. The summed E-state index contributed by atoms with van der Waals surface area (Å²) in [6, 6.07) is 5.45.